The number of hydrogen-bond donors (Lipinski definition) is 2. The van der Waals surface area contributed by atoms with Crippen LogP contribution in [0.2, 0.25) is 0 Å². The van der Waals surface area contributed by atoms with Crippen LogP contribution in [0.15, 0.2) is 48.5 Å². The summed E-state index contributed by atoms with van der Waals surface area (Å²) in [7, 11) is 1.64. The number of hydrogen-bond acceptors (Lipinski definition) is 3. The second-order valence-electron chi connectivity index (χ2n) is 5.11. The largest absolute Gasteiger partial charge is 0.497 e. The molecule has 0 aliphatic carbocycles. The van der Waals surface area contributed by atoms with Gasteiger partial charge in [0.2, 0.25) is 0 Å². The minimum atomic E-state index is -0.598. The standard InChI is InChI=1S/C18H23NO2/c1-3-13-6-4-5-7-16(13)18(20)17(12-19)14-8-10-15(21-2)11-9-14/h4-11,17-18,20H,3,12,19H2,1-2H3. The molecule has 2 aromatic rings. The fraction of sp³-hybridized carbons (Fsp3) is 0.333. The maximum absolute atomic E-state index is 10.8. The summed E-state index contributed by atoms with van der Waals surface area (Å²) in [5.41, 5.74) is 9.07. The molecular weight excluding hydrogens is 262 g/mol. The molecule has 0 fully saturated rings. The van der Waals surface area contributed by atoms with Gasteiger partial charge >= 0.3 is 0 Å². The van der Waals surface area contributed by atoms with Crippen LogP contribution in [0.5, 0.6) is 5.75 Å². The smallest absolute Gasteiger partial charge is 0.118 e. The molecule has 0 aliphatic rings. The molecule has 0 aliphatic heterocycles. The second-order valence-corrected chi connectivity index (χ2v) is 5.11. The van der Waals surface area contributed by atoms with Crippen LogP contribution in [0.4, 0.5) is 0 Å². The molecule has 3 heteroatoms. The van der Waals surface area contributed by atoms with Gasteiger partial charge in [-0.3, -0.25) is 0 Å². The van der Waals surface area contributed by atoms with E-state index in [1.54, 1.807) is 7.11 Å². The zero-order valence-electron chi connectivity index (χ0n) is 12.6. The van der Waals surface area contributed by atoms with Crippen molar-refractivity contribution in [1.82, 2.24) is 0 Å². The summed E-state index contributed by atoms with van der Waals surface area (Å²) in [5.74, 6) is 0.682. The van der Waals surface area contributed by atoms with E-state index in [1.165, 1.54) is 0 Å². The van der Waals surface area contributed by atoms with Crippen LogP contribution >= 0.6 is 0 Å². The van der Waals surface area contributed by atoms with Gasteiger partial charge in [0.15, 0.2) is 0 Å². The summed E-state index contributed by atoms with van der Waals surface area (Å²) in [6.07, 6.45) is 0.298. The van der Waals surface area contributed by atoms with Crippen LogP contribution in [0.25, 0.3) is 0 Å². The van der Waals surface area contributed by atoms with Crippen LogP contribution in [-0.4, -0.2) is 18.8 Å². The van der Waals surface area contributed by atoms with Gasteiger partial charge in [0.05, 0.1) is 13.2 Å². The van der Waals surface area contributed by atoms with Crippen molar-refractivity contribution in [1.29, 1.82) is 0 Å². The quantitative estimate of drug-likeness (QED) is 0.857. The Hall–Kier alpha value is -1.84. The lowest BCUT2D eigenvalue weighted by Gasteiger charge is -2.24. The van der Waals surface area contributed by atoms with Gasteiger partial charge in [-0.25, -0.2) is 0 Å². The molecule has 2 rings (SSSR count). The lowest BCUT2D eigenvalue weighted by atomic mass is 9.86. The normalized spacial score (nSPS) is 13.7. The lowest BCUT2D eigenvalue weighted by molar-refractivity contribution is 0.146. The van der Waals surface area contributed by atoms with Crippen LogP contribution in [-0.2, 0) is 6.42 Å². The Bertz CT molecular complexity index is 566. The first-order chi connectivity index (χ1) is 10.2. The van der Waals surface area contributed by atoms with E-state index in [2.05, 4.69) is 13.0 Å². The molecule has 0 bridgehead atoms. The number of nitrogens with two attached hydrogens (primary N) is 1. The Morgan fingerprint density at radius 2 is 1.76 bits per heavy atom. The Labute approximate surface area is 126 Å². The van der Waals surface area contributed by atoms with E-state index in [0.717, 1.165) is 28.9 Å². The van der Waals surface area contributed by atoms with Crippen molar-refractivity contribution >= 4 is 0 Å². The Kier molecular flexibility index (Phi) is 5.37. The molecule has 112 valence electrons. The van der Waals surface area contributed by atoms with E-state index in [-0.39, 0.29) is 5.92 Å². The SMILES string of the molecule is CCc1ccccc1C(O)C(CN)c1ccc(OC)cc1. The Morgan fingerprint density at radius 3 is 2.33 bits per heavy atom. The van der Waals surface area contributed by atoms with Crippen molar-refractivity contribution in [2.75, 3.05) is 13.7 Å². The van der Waals surface area contributed by atoms with Crippen molar-refractivity contribution in [3.05, 3.63) is 65.2 Å². The first-order valence-corrected chi connectivity index (χ1v) is 7.31. The first-order valence-electron chi connectivity index (χ1n) is 7.31. The van der Waals surface area contributed by atoms with E-state index < -0.39 is 6.10 Å². The van der Waals surface area contributed by atoms with E-state index in [1.807, 2.05) is 42.5 Å². The number of aliphatic hydroxyl groups excluding tert-OH is 1. The average Bonchev–Trinajstić information content (AvgIpc) is 2.56. The van der Waals surface area contributed by atoms with E-state index in [4.69, 9.17) is 10.5 Å². The Morgan fingerprint density at radius 1 is 1.10 bits per heavy atom. The molecule has 2 aromatic carbocycles. The zero-order chi connectivity index (χ0) is 15.2. The third kappa shape index (κ3) is 3.43. The van der Waals surface area contributed by atoms with Crippen molar-refractivity contribution in [3.8, 4) is 5.75 Å². The molecule has 2 unspecified atom stereocenters. The number of rotatable bonds is 6. The van der Waals surface area contributed by atoms with Crippen molar-refractivity contribution in [2.24, 2.45) is 5.73 Å². The highest BCUT2D eigenvalue weighted by molar-refractivity contribution is 5.35. The van der Waals surface area contributed by atoms with E-state index in [0.29, 0.717) is 6.54 Å². The van der Waals surface area contributed by atoms with E-state index >= 15 is 0 Å². The highest BCUT2D eigenvalue weighted by Crippen LogP contribution is 2.32. The molecule has 0 heterocycles. The molecule has 0 amide bonds. The van der Waals surface area contributed by atoms with Gasteiger partial charge in [-0.2, -0.15) is 0 Å². The molecule has 3 nitrogen and oxygen atoms in total. The summed E-state index contributed by atoms with van der Waals surface area (Å²) < 4.78 is 5.17. The first kappa shape index (κ1) is 15.5. The van der Waals surface area contributed by atoms with Crippen molar-refractivity contribution < 1.29 is 9.84 Å². The van der Waals surface area contributed by atoms with Gasteiger partial charge < -0.3 is 15.6 Å². The van der Waals surface area contributed by atoms with Gasteiger partial charge in [0, 0.05) is 12.5 Å². The van der Waals surface area contributed by atoms with Crippen LogP contribution in [0.1, 0.15) is 35.6 Å². The molecule has 0 saturated carbocycles. The summed E-state index contributed by atoms with van der Waals surface area (Å²) >= 11 is 0. The summed E-state index contributed by atoms with van der Waals surface area (Å²) in [4.78, 5) is 0. The molecule has 2 atom stereocenters. The van der Waals surface area contributed by atoms with Gasteiger partial charge in [-0.15, -0.1) is 0 Å². The number of methoxy groups -OCH3 is 1. The predicted octanol–water partition coefficient (Wildman–Crippen LogP) is 3.03. The Balaban J connectivity index is 2.31. The predicted molar refractivity (Wildman–Crippen MR) is 85.6 cm³/mol. The van der Waals surface area contributed by atoms with Crippen LogP contribution in [0.3, 0.4) is 0 Å². The molecule has 0 spiro atoms. The maximum Gasteiger partial charge on any atom is 0.118 e. The minimum Gasteiger partial charge on any atom is -0.497 e. The molecular formula is C18H23NO2. The molecule has 0 radical (unpaired) electrons. The van der Waals surface area contributed by atoms with Crippen molar-refractivity contribution in [3.63, 3.8) is 0 Å². The monoisotopic (exact) mass is 285 g/mol. The molecule has 0 aromatic heterocycles. The summed E-state index contributed by atoms with van der Waals surface area (Å²) in [6.45, 7) is 2.49. The van der Waals surface area contributed by atoms with Crippen LogP contribution in [0, 0.1) is 0 Å². The van der Waals surface area contributed by atoms with Crippen LogP contribution < -0.4 is 10.5 Å². The fourth-order valence-electron chi connectivity index (χ4n) is 2.66. The van der Waals surface area contributed by atoms with Crippen molar-refractivity contribution in [2.45, 2.75) is 25.4 Å². The fourth-order valence-corrected chi connectivity index (χ4v) is 2.66. The summed E-state index contributed by atoms with van der Waals surface area (Å²) in [5, 5.41) is 10.8. The minimum absolute atomic E-state index is 0.122. The molecule has 21 heavy (non-hydrogen) atoms. The molecule has 3 N–H and O–H groups in total. The van der Waals surface area contributed by atoms with Gasteiger partial charge in [-0.05, 0) is 35.2 Å². The third-order valence-corrected chi connectivity index (χ3v) is 3.93. The lowest BCUT2D eigenvalue weighted by Crippen LogP contribution is -2.21. The average molecular weight is 285 g/mol. The molecule has 0 saturated heterocycles. The van der Waals surface area contributed by atoms with E-state index in [9.17, 15) is 5.11 Å². The third-order valence-electron chi connectivity index (χ3n) is 3.93. The highest BCUT2D eigenvalue weighted by atomic mass is 16.5. The number of aryl methyl sites for hydroxylation is 1. The topological polar surface area (TPSA) is 55.5 Å². The maximum atomic E-state index is 10.8. The number of benzene rings is 2. The number of aliphatic hydroxyl groups is 1. The highest BCUT2D eigenvalue weighted by Gasteiger charge is 2.23. The van der Waals surface area contributed by atoms with Gasteiger partial charge in [-0.1, -0.05) is 43.3 Å². The summed E-state index contributed by atoms with van der Waals surface area (Å²) in [6, 6.07) is 15.7. The second kappa shape index (κ2) is 7.25. The van der Waals surface area contributed by atoms with Gasteiger partial charge in [0.25, 0.3) is 0 Å². The number of ether oxygens (including phenoxy) is 1. The van der Waals surface area contributed by atoms with Gasteiger partial charge in [0.1, 0.15) is 5.75 Å². The zero-order valence-corrected chi connectivity index (χ0v) is 12.6.